The third-order valence-electron chi connectivity index (χ3n) is 3.95. The number of rotatable bonds is 3. The topological polar surface area (TPSA) is 71.3 Å². The Labute approximate surface area is 127 Å². The van der Waals surface area contributed by atoms with Crippen LogP contribution in [-0.2, 0) is 17.6 Å². The Balaban J connectivity index is 1.89. The fourth-order valence-corrected chi connectivity index (χ4v) is 2.88. The number of benzene rings is 1. The molecule has 1 aromatic heterocycles. The van der Waals surface area contributed by atoms with Gasteiger partial charge in [-0.25, -0.2) is 5.48 Å². The van der Waals surface area contributed by atoms with Gasteiger partial charge < -0.3 is 4.57 Å². The van der Waals surface area contributed by atoms with Gasteiger partial charge in [0.05, 0.1) is 0 Å². The van der Waals surface area contributed by atoms with Gasteiger partial charge in [-0.2, -0.15) is 0 Å². The molecule has 5 nitrogen and oxygen atoms in total. The Morgan fingerprint density at radius 1 is 1.18 bits per heavy atom. The summed E-state index contributed by atoms with van der Waals surface area (Å²) in [7, 11) is 0. The summed E-state index contributed by atoms with van der Waals surface area (Å²) < 4.78 is 1.72. The zero-order valence-corrected chi connectivity index (χ0v) is 11.9. The quantitative estimate of drug-likeness (QED) is 0.514. The van der Waals surface area contributed by atoms with Crippen LogP contribution in [0.3, 0.4) is 0 Å². The van der Waals surface area contributed by atoms with E-state index < -0.39 is 5.91 Å². The van der Waals surface area contributed by atoms with Crippen molar-refractivity contribution in [3.8, 4) is 0 Å². The number of carbonyl (C=O) groups excluding carboxylic acids is 1. The lowest BCUT2D eigenvalue weighted by Crippen LogP contribution is -2.26. The van der Waals surface area contributed by atoms with E-state index in [1.54, 1.807) is 22.9 Å². The number of hydrogen-bond donors (Lipinski definition) is 2. The molecule has 0 spiro atoms. The van der Waals surface area contributed by atoms with E-state index in [0.717, 1.165) is 18.9 Å². The lowest BCUT2D eigenvalue weighted by atomic mass is 10.1. The summed E-state index contributed by atoms with van der Waals surface area (Å²) in [6.45, 7) is 0. The Hall–Kier alpha value is -2.66. The van der Waals surface area contributed by atoms with Crippen molar-refractivity contribution in [2.75, 3.05) is 0 Å². The SMILES string of the molecule is O=C(/C=C/c1cccn(C2Cc3ccccc3C2)c1=O)NO. The maximum atomic E-state index is 12.5. The molecule has 0 aliphatic heterocycles. The number of amides is 1. The molecule has 2 N–H and O–H groups in total. The summed E-state index contributed by atoms with van der Waals surface area (Å²) in [5.41, 5.74) is 4.34. The molecule has 1 aromatic carbocycles. The van der Waals surface area contributed by atoms with Crippen molar-refractivity contribution in [3.63, 3.8) is 0 Å². The Morgan fingerprint density at radius 2 is 1.86 bits per heavy atom. The van der Waals surface area contributed by atoms with Crippen LogP contribution < -0.4 is 11.0 Å². The van der Waals surface area contributed by atoms with Crippen LogP contribution in [0, 0.1) is 0 Å². The van der Waals surface area contributed by atoms with Crippen molar-refractivity contribution in [2.24, 2.45) is 0 Å². The lowest BCUT2D eigenvalue weighted by Gasteiger charge is -2.13. The summed E-state index contributed by atoms with van der Waals surface area (Å²) in [6.07, 6.45) is 5.99. The van der Waals surface area contributed by atoms with Crippen LogP contribution in [-0.4, -0.2) is 15.7 Å². The maximum absolute atomic E-state index is 12.5. The van der Waals surface area contributed by atoms with Crippen LogP contribution in [0.25, 0.3) is 6.08 Å². The molecule has 1 amide bonds. The monoisotopic (exact) mass is 296 g/mol. The van der Waals surface area contributed by atoms with Crippen molar-refractivity contribution >= 4 is 12.0 Å². The summed E-state index contributed by atoms with van der Waals surface area (Å²) in [6, 6.07) is 11.8. The average molecular weight is 296 g/mol. The van der Waals surface area contributed by atoms with Crippen LogP contribution in [0.4, 0.5) is 0 Å². The molecule has 0 unspecified atom stereocenters. The molecule has 22 heavy (non-hydrogen) atoms. The van der Waals surface area contributed by atoms with E-state index in [-0.39, 0.29) is 11.6 Å². The first kappa shape index (κ1) is 14.3. The highest BCUT2D eigenvalue weighted by molar-refractivity contribution is 5.90. The molecule has 0 saturated carbocycles. The average Bonchev–Trinajstić information content (AvgIpc) is 2.97. The van der Waals surface area contributed by atoms with Gasteiger partial charge in [-0.3, -0.25) is 14.8 Å². The van der Waals surface area contributed by atoms with Gasteiger partial charge in [0.25, 0.3) is 11.5 Å². The van der Waals surface area contributed by atoms with Gasteiger partial charge in [0.1, 0.15) is 0 Å². The summed E-state index contributed by atoms with van der Waals surface area (Å²) >= 11 is 0. The van der Waals surface area contributed by atoms with E-state index >= 15 is 0 Å². The molecular weight excluding hydrogens is 280 g/mol. The number of aromatic nitrogens is 1. The van der Waals surface area contributed by atoms with Crippen LogP contribution in [0.2, 0.25) is 0 Å². The molecule has 2 aromatic rings. The minimum atomic E-state index is -0.664. The molecule has 0 fully saturated rings. The molecule has 5 heteroatoms. The molecule has 1 heterocycles. The number of hydrogen-bond acceptors (Lipinski definition) is 3. The van der Waals surface area contributed by atoms with Crippen molar-refractivity contribution in [1.82, 2.24) is 10.0 Å². The van der Waals surface area contributed by atoms with Crippen molar-refractivity contribution < 1.29 is 10.0 Å². The summed E-state index contributed by atoms with van der Waals surface area (Å²) in [4.78, 5) is 23.6. The Morgan fingerprint density at radius 3 is 2.50 bits per heavy atom. The highest BCUT2D eigenvalue weighted by atomic mass is 16.5. The predicted molar refractivity (Wildman–Crippen MR) is 82.6 cm³/mol. The molecule has 0 atom stereocenters. The minimum absolute atomic E-state index is 0.102. The van der Waals surface area contributed by atoms with Crippen molar-refractivity contribution in [3.05, 3.63) is 75.7 Å². The molecule has 112 valence electrons. The molecule has 3 rings (SSSR count). The first-order valence-electron chi connectivity index (χ1n) is 7.09. The van der Waals surface area contributed by atoms with E-state index in [1.165, 1.54) is 22.7 Å². The fraction of sp³-hybridized carbons (Fsp3) is 0.176. The molecule has 0 bridgehead atoms. The minimum Gasteiger partial charge on any atom is -0.311 e. The predicted octanol–water partition coefficient (Wildman–Crippen LogP) is 1.71. The largest absolute Gasteiger partial charge is 0.311 e. The van der Waals surface area contributed by atoms with Gasteiger partial charge in [0, 0.05) is 23.9 Å². The van der Waals surface area contributed by atoms with Gasteiger partial charge in [-0.05, 0) is 42.2 Å². The second-order valence-electron chi connectivity index (χ2n) is 5.32. The molecule has 1 aliphatic rings. The zero-order valence-electron chi connectivity index (χ0n) is 11.9. The van der Waals surface area contributed by atoms with E-state index in [0.29, 0.717) is 5.56 Å². The second-order valence-corrected chi connectivity index (χ2v) is 5.32. The highest BCUT2D eigenvalue weighted by Crippen LogP contribution is 2.28. The van der Waals surface area contributed by atoms with Crippen LogP contribution in [0.15, 0.2) is 53.5 Å². The Kier molecular flexibility index (Phi) is 3.89. The number of hydroxylamine groups is 1. The van der Waals surface area contributed by atoms with Crippen molar-refractivity contribution in [1.29, 1.82) is 0 Å². The third kappa shape index (κ3) is 2.71. The van der Waals surface area contributed by atoms with Crippen LogP contribution >= 0.6 is 0 Å². The van der Waals surface area contributed by atoms with Gasteiger partial charge in [-0.15, -0.1) is 0 Å². The smallest absolute Gasteiger partial charge is 0.267 e. The Bertz CT molecular complexity index is 767. The van der Waals surface area contributed by atoms with Gasteiger partial charge in [0.15, 0.2) is 0 Å². The molecule has 0 radical (unpaired) electrons. The number of fused-ring (bicyclic) bond motifs is 1. The van der Waals surface area contributed by atoms with Crippen LogP contribution in [0.1, 0.15) is 22.7 Å². The van der Waals surface area contributed by atoms with E-state index in [2.05, 4.69) is 12.1 Å². The van der Waals surface area contributed by atoms with Gasteiger partial charge >= 0.3 is 0 Å². The zero-order chi connectivity index (χ0) is 15.5. The summed E-state index contributed by atoms with van der Waals surface area (Å²) in [5.74, 6) is -0.664. The second kappa shape index (κ2) is 5.99. The summed E-state index contributed by atoms with van der Waals surface area (Å²) in [5, 5.41) is 8.48. The standard InChI is InChI=1S/C17H16N2O3/c20-16(18-22)8-7-12-6-3-9-19(17(12)21)15-10-13-4-1-2-5-14(13)11-15/h1-9,15,22H,10-11H2,(H,18,20)/b8-7+. The van der Waals surface area contributed by atoms with E-state index in [9.17, 15) is 9.59 Å². The van der Waals surface area contributed by atoms with E-state index in [4.69, 9.17) is 5.21 Å². The molecular formula is C17H16N2O3. The lowest BCUT2D eigenvalue weighted by molar-refractivity contribution is -0.124. The maximum Gasteiger partial charge on any atom is 0.267 e. The molecule has 0 saturated heterocycles. The highest BCUT2D eigenvalue weighted by Gasteiger charge is 2.23. The van der Waals surface area contributed by atoms with E-state index in [1.807, 2.05) is 12.1 Å². The molecule has 1 aliphatic carbocycles. The van der Waals surface area contributed by atoms with Crippen LogP contribution in [0.5, 0.6) is 0 Å². The first-order valence-corrected chi connectivity index (χ1v) is 7.09. The normalized spacial score (nSPS) is 14.2. The fourth-order valence-electron chi connectivity index (χ4n) is 2.88. The number of carbonyl (C=O) groups is 1. The number of pyridine rings is 1. The third-order valence-corrected chi connectivity index (χ3v) is 3.95. The van der Waals surface area contributed by atoms with Gasteiger partial charge in [0.2, 0.25) is 0 Å². The number of nitrogens with zero attached hydrogens (tertiary/aromatic N) is 1. The van der Waals surface area contributed by atoms with Gasteiger partial charge in [-0.1, -0.05) is 24.3 Å². The first-order chi connectivity index (χ1) is 10.7. The number of nitrogens with one attached hydrogen (secondary N) is 1. The van der Waals surface area contributed by atoms with Crippen molar-refractivity contribution in [2.45, 2.75) is 18.9 Å².